The Kier molecular flexibility index (Phi) is 5.41. The number of amides is 1. The van der Waals surface area contributed by atoms with E-state index in [2.05, 4.69) is 18.7 Å². The van der Waals surface area contributed by atoms with Crippen LogP contribution in [0, 0.1) is 0 Å². The first kappa shape index (κ1) is 17.2. The molecule has 2 fully saturated rings. The zero-order chi connectivity index (χ0) is 17.1. The van der Waals surface area contributed by atoms with Gasteiger partial charge in [0.2, 0.25) is 0 Å². The molecule has 2 heterocycles. The Morgan fingerprint density at radius 3 is 2.50 bits per heavy atom. The highest BCUT2D eigenvalue weighted by atomic mass is 16.5. The molecule has 5 nitrogen and oxygen atoms in total. The molecule has 3 atom stereocenters. The van der Waals surface area contributed by atoms with Gasteiger partial charge < -0.3 is 14.4 Å². The minimum Gasteiger partial charge on any atom is -0.497 e. The number of hydrogen-bond donors (Lipinski definition) is 0. The molecule has 0 aliphatic carbocycles. The van der Waals surface area contributed by atoms with Crippen molar-refractivity contribution in [2.24, 2.45) is 0 Å². The smallest absolute Gasteiger partial charge is 0.254 e. The Morgan fingerprint density at radius 2 is 1.88 bits per heavy atom. The number of rotatable bonds is 4. The number of carbonyl (C=O) groups excluding carboxylic acids is 1. The van der Waals surface area contributed by atoms with Crippen LogP contribution >= 0.6 is 0 Å². The van der Waals surface area contributed by atoms with Gasteiger partial charge >= 0.3 is 0 Å². The van der Waals surface area contributed by atoms with Crippen molar-refractivity contribution >= 4 is 5.91 Å². The van der Waals surface area contributed by atoms with Crippen LogP contribution in [0.3, 0.4) is 0 Å². The molecule has 0 radical (unpaired) electrons. The van der Waals surface area contributed by atoms with Gasteiger partial charge in [-0.05, 0) is 51.0 Å². The van der Waals surface area contributed by atoms with E-state index in [-0.39, 0.29) is 18.1 Å². The van der Waals surface area contributed by atoms with E-state index in [0.29, 0.717) is 6.04 Å². The summed E-state index contributed by atoms with van der Waals surface area (Å²) in [6.45, 7) is 7.94. The van der Waals surface area contributed by atoms with Crippen molar-refractivity contribution in [3.05, 3.63) is 29.8 Å². The van der Waals surface area contributed by atoms with E-state index in [1.165, 1.54) is 0 Å². The normalized spacial score (nSPS) is 28.1. The number of methoxy groups -OCH3 is 1. The SMILES string of the molecule is COc1ccc(C(=O)N2CCC[C@@H]2CN2C[C@H](C)O[C@@H](C)C2)cc1. The molecular weight excluding hydrogens is 304 g/mol. The molecule has 2 aliphatic rings. The van der Waals surface area contributed by atoms with Crippen molar-refractivity contribution in [1.29, 1.82) is 0 Å². The van der Waals surface area contributed by atoms with Gasteiger partial charge in [0.05, 0.1) is 19.3 Å². The topological polar surface area (TPSA) is 42.0 Å². The van der Waals surface area contributed by atoms with Gasteiger partial charge in [-0.2, -0.15) is 0 Å². The lowest BCUT2D eigenvalue weighted by Crippen LogP contribution is -2.50. The molecule has 1 amide bonds. The van der Waals surface area contributed by atoms with E-state index >= 15 is 0 Å². The summed E-state index contributed by atoms with van der Waals surface area (Å²) >= 11 is 0. The highest BCUT2D eigenvalue weighted by molar-refractivity contribution is 5.94. The van der Waals surface area contributed by atoms with Crippen LogP contribution in [0.1, 0.15) is 37.0 Å². The molecule has 3 rings (SSSR count). The Morgan fingerprint density at radius 1 is 1.21 bits per heavy atom. The standard InChI is InChI=1S/C19H28N2O3/c1-14-11-20(12-15(2)24-14)13-17-5-4-10-21(17)19(22)16-6-8-18(23-3)9-7-16/h6-9,14-15,17H,4-5,10-13H2,1-3H3/t14-,15-,17+/m0/s1. The lowest BCUT2D eigenvalue weighted by Gasteiger charge is -2.38. The lowest BCUT2D eigenvalue weighted by atomic mass is 10.1. The van der Waals surface area contributed by atoms with E-state index in [9.17, 15) is 4.79 Å². The molecule has 0 N–H and O–H groups in total. The van der Waals surface area contributed by atoms with Crippen LogP contribution < -0.4 is 4.74 Å². The molecule has 1 aromatic rings. The van der Waals surface area contributed by atoms with Gasteiger partial charge in [0.1, 0.15) is 5.75 Å². The molecule has 24 heavy (non-hydrogen) atoms. The van der Waals surface area contributed by atoms with E-state index in [1.807, 2.05) is 29.2 Å². The Labute approximate surface area is 144 Å². The quantitative estimate of drug-likeness (QED) is 0.849. The summed E-state index contributed by atoms with van der Waals surface area (Å²) in [6, 6.07) is 7.72. The summed E-state index contributed by atoms with van der Waals surface area (Å²) in [6.07, 6.45) is 2.70. The maximum absolute atomic E-state index is 12.9. The van der Waals surface area contributed by atoms with Gasteiger partial charge in [0.25, 0.3) is 5.91 Å². The molecule has 0 aromatic heterocycles. The zero-order valence-corrected chi connectivity index (χ0v) is 14.9. The lowest BCUT2D eigenvalue weighted by molar-refractivity contribution is -0.0715. The van der Waals surface area contributed by atoms with E-state index in [4.69, 9.17) is 9.47 Å². The first-order valence-electron chi connectivity index (χ1n) is 8.89. The van der Waals surface area contributed by atoms with Gasteiger partial charge in [-0.15, -0.1) is 0 Å². The number of carbonyl (C=O) groups is 1. The fraction of sp³-hybridized carbons (Fsp3) is 0.632. The summed E-state index contributed by atoms with van der Waals surface area (Å²) in [5.41, 5.74) is 0.742. The van der Waals surface area contributed by atoms with Crippen molar-refractivity contribution in [2.45, 2.75) is 44.9 Å². The van der Waals surface area contributed by atoms with Crippen molar-refractivity contribution < 1.29 is 14.3 Å². The van der Waals surface area contributed by atoms with Gasteiger partial charge in [-0.3, -0.25) is 9.69 Å². The van der Waals surface area contributed by atoms with Crippen molar-refractivity contribution in [1.82, 2.24) is 9.80 Å². The summed E-state index contributed by atoms with van der Waals surface area (Å²) in [5, 5.41) is 0. The van der Waals surface area contributed by atoms with Crippen LogP contribution in [0.25, 0.3) is 0 Å². The highest BCUT2D eigenvalue weighted by Gasteiger charge is 2.32. The van der Waals surface area contributed by atoms with Gasteiger partial charge in [0, 0.05) is 37.8 Å². The van der Waals surface area contributed by atoms with Gasteiger partial charge in [-0.25, -0.2) is 0 Å². The molecule has 2 aliphatic heterocycles. The number of nitrogens with zero attached hydrogens (tertiary/aromatic N) is 2. The van der Waals surface area contributed by atoms with Crippen LogP contribution in [-0.2, 0) is 4.74 Å². The summed E-state index contributed by atoms with van der Waals surface area (Å²) in [5.74, 6) is 0.912. The van der Waals surface area contributed by atoms with Crippen molar-refractivity contribution in [2.75, 3.05) is 33.3 Å². The highest BCUT2D eigenvalue weighted by Crippen LogP contribution is 2.23. The minimum absolute atomic E-state index is 0.134. The second-order valence-electron chi connectivity index (χ2n) is 7.00. The number of likely N-dealkylation sites (tertiary alicyclic amines) is 1. The third-order valence-corrected chi connectivity index (χ3v) is 4.94. The van der Waals surface area contributed by atoms with E-state index in [1.54, 1.807) is 7.11 Å². The molecular formula is C19H28N2O3. The van der Waals surface area contributed by atoms with Crippen molar-refractivity contribution in [3.63, 3.8) is 0 Å². The number of benzene rings is 1. The van der Waals surface area contributed by atoms with Crippen molar-refractivity contribution in [3.8, 4) is 5.75 Å². The van der Waals surface area contributed by atoms with Crippen LogP contribution in [-0.4, -0.2) is 67.2 Å². The average Bonchev–Trinajstić information content (AvgIpc) is 3.01. The largest absolute Gasteiger partial charge is 0.497 e. The Bertz CT molecular complexity index is 550. The summed E-state index contributed by atoms with van der Waals surface area (Å²) < 4.78 is 11.0. The first-order valence-corrected chi connectivity index (χ1v) is 8.89. The van der Waals surface area contributed by atoms with E-state index in [0.717, 1.165) is 50.3 Å². The first-order chi connectivity index (χ1) is 11.6. The maximum Gasteiger partial charge on any atom is 0.254 e. The summed E-state index contributed by atoms with van der Waals surface area (Å²) in [4.78, 5) is 17.4. The zero-order valence-electron chi connectivity index (χ0n) is 14.9. The van der Waals surface area contributed by atoms with Crippen LogP contribution in [0.2, 0.25) is 0 Å². The predicted molar refractivity (Wildman–Crippen MR) is 93.5 cm³/mol. The van der Waals surface area contributed by atoms with Crippen LogP contribution in [0.15, 0.2) is 24.3 Å². The van der Waals surface area contributed by atoms with Crippen LogP contribution in [0.5, 0.6) is 5.75 Å². The maximum atomic E-state index is 12.9. The second-order valence-corrected chi connectivity index (χ2v) is 7.00. The minimum atomic E-state index is 0.134. The third-order valence-electron chi connectivity index (χ3n) is 4.94. The Hall–Kier alpha value is -1.59. The van der Waals surface area contributed by atoms with E-state index < -0.39 is 0 Å². The van der Waals surface area contributed by atoms with Gasteiger partial charge in [-0.1, -0.05) is 0 Å². The summed E-state index contributed by atoms with van der Waals surface area (Å²) in [7, 11) is 1.64. The average molecular weight is 332 g/mol. The number of hydrogen-bond acceptors (Lipinski definition) is 4. The fourth-order valence-electron chi connectivity index (χ4n) is 3.92. The van der Waals surface area contributed by atoms with Crippen LogP contribution in [0.4, 0.5) is 0 Å². The molecule has 5 heteroatoms. The molecule has 0 unspecified atom stereocenters. The number of morpholine rings is 1. The molecule has 2 saturated heterocycles. The Balaban J connectivity index is 1.64. The molecule has 1 aromatic carbocycles. The van der Waals surface area contributed by atoms with Gasteiger partial charge in [0.15, 0.2) is 0 Å². The molecule has 0 spiro atoms. The molecule has 132 valence electrons. The fourth-order valence-corrected chi connectivity index (χ4v) is 3.92. The predicted octanol–water partition coefficient (Wildman–Crippen LogP) is 2.41. The monoisotopic (exact) mass is 332 g/mol. The molecule has 0 saturated carbocycles. The second kappa shape index (κ2) is 7.53. The third kappa shape index (κ3) is 3.90. The number of ether oxygens (including phenoxy) is 2. The molecule has 0 bridgehead atoms.